The van der Waals surface area contributed by atoms with Gasteiger partial charge < -0.3 is 18.9 Å². The van der Waals surface area contributed by atoms with Crippen LogP contribution in [-0.4, -0.2) is 39.0 Å². The summed E-state index contributed by atoms with van der Waals surface area (Å²) in [6.45, 7) is 6.14. The lowest BCUT2D eigenvalue weighted by Gasteiger charge is -2.10. The van der Waals surface area contributed by atoms with Gasteiger partial charge in [-0.2, -0.15) is 0 Å². The first-order valence-corrected chi connectivity index (χ1v) is 5.33. The van der Waals surface area contributed by atoms with Crippen molar-refractivity contribution < 1.29 is 18.9 Å². The maximum atomic E-state index is 5.42. The Morgan fingerprint density at radius 1 is 1.36 bits per heavy atom. The molecule has 0 radical (unpaired) electrons. The van der Waals surface area contributed by atoms with Crippen LogP contribution in [0.3, 0.4) is 0 Å². The third kappa shape index (κ3) is 4.37. The van der Waals surface area contributed by atoms with Gasteiger partial charge in [0.25, 0.3) is 6.48 Å². The lowest BCUT2D eigenvalue weighted by Crippen LogP contribution is -2.20. The van der Waals surface area contributed by atoms with Gasteiger partial charge in [-0.05, 0) is 13.3 Å². The fourth-order valence-electron chi connectivity index (χ4n) is 1.19. The van der Waals surface area contributed by atoms with Gasteiger partial charge in [0, 0.05) is 13.2 Å². The molecule has 0 aromatic rings. The third-order valence-corrected chi connectivity index (χ3v) is 1.97. The van der Waals surface area contributed by atoms with Gasteiger partial charge in [0.15, 0.2) is 0 Å². The van der Waals surface area contributed by atoms with E-state index in [2.05, 4.69) is 6.92 Å². The van der Waals surface area contributed by atoms with E-state index >= 15 is 0 Å². The second-order valence-electron chi connectivity index (χ2n) is 3.26. The normalized spacial score (nSPS) is 27.0. The van der Waals surface area contributed by atoms with Gasteiger partial charge in [-0.3, -0.25) is 0 Å². The number of rotatable bonds is 7. The molecule has 4 nitrogen and oxygen atoms in total. The van der Waals surface area contributed by atoms with Crippen molar-refractivity contribution >= 4 is 0 Å². The van der Waals surface area contributed by atoms with E-state index in [9.17, 15) is 0 Å². The molecule has 0 aromatic carbocycles. The van der Waals surface area contributed by atoms with Crippen LogP contribution in [0.4, 0.5) is 0 Å². The van der Waals surface area contributed by atoms with Crippen LogP contribution in [-0.2, 0) is 18.9 Å². The predicted molar refractivity (Wildman–Crippen MR) is 52.0 cm³/mol. The van der Waals surface area contributed by atoms with Crippen molar-refractivity contribution in [2.24, 2.45) is 0 Å². The first-order chi connectivity index (χ1) is 6.86. The number of unbranched alkanes of at least 4 members (excludes halogenated alkanes) is 1. The molecule has 1 rings (SSSR count). The summed E-state index contributed by atoms with van der Waals surface area (Å²) in [5.74, 6) is 0. The minimum atomic E-state index is -0.486. The Morgan fingerprint density at radius 3 is 2.93 bits per heavy atom. The van der Waals surface area contributed by atoms with Gasteiger partial charge in [-0.25, -0.2) is 0 Å². The van der Waals surface area contributed by atoms with Crippen molar-refractivity contribution in [3.05, 3.63) is 0 Å². The molecule has 14 heavy (non-hydrogen) atoms. The van der Waals surface area contributed by atoms with Crippen molar-refractivity contribution in [2.45, 2.75) is 39.3 Å². The van der Waals surface area contributed by atoms with Gasteiger partial charge in [0.05, 0.1) is 13.2 Å². The molecule has 1 heterocycles. The predicted octanol–water partition coefficient (Wildman–Crippen LogP) is 1.54. The molecule has 4 heteroatoms. The Morgan fingerprint density at radius 2 is 2.21 bits per heavy atom. The molecule has 0 saturated carbocycles. The van der Waals surface area contributed by atoms with Crippen LogP contribution in [0.2, 0.25) is 0 Å². The molecule has 1 aliphatic rings. The maximum Gasteiger partial charge on any atom is 0.272 e. The standard InChI is InChI=1S/C10H20O4/c1-3-5-6-11-7-9-8-13-10(14-9)12-4-2/h9-10H,3-8H2,1-2H3. The summed E-state index contributed by atoms with van der Waals surface area (Å²) < 4.78 is 21.2. The quantitative estimate of drug-likeness (QED) is 0.589. The Bertz CT molecular complexity index is 140. The van der Waals surface area contributed by atoms with Crippen molar-refractivity contribution in [1.29, 1.82) is 0 Å². The van der Waals surface area contributed by atoms with Crippen molar-refractivity contribution in [1.82, 2.24) is 0 Å². The largest absolute Gasteiger partial charge is 0.379 e. The summed E-state index contributed by atoms with van der Waals surface area (Å²) in [7, 11) is 0. The van der Waals surface area contributed by atoms with Crippen LogP contribution < -0.4 is 0 Å². The monoisotopic (exact) mass is 204 g/mol. The topological polar surface area (TPSA) is 36.9 Å². The fourth-order valence-corrected chi connectivity index (χ4v) is 1.19. The van der Waals surface area contributed by atoms with Crippen LogP contribution in [0.1, 0.15) is 26.7 Å². The molecule has 1 saturated heterocycles. The first-order valence-electron chi connectivity index (χ1n) is 5.33. The highest BCUT2D eigenvalue weighted by Gasteiger charge is 2.26. The lowest BCUT2D eigenvalue weighted by atomic mass is 10.3. The Labute approximate surface area is 85.5 Å². The van der Waals surface area contributed by atoms with E-state index in [1.165, 1.54) is 0 Å². The molecular formula is C10H20O4. The van der Waals surface area contributed by atoms with E-state index in [1.54, 1.807) is 0 Å². The molecule has 2 atom stereocenters. The number of hydrogen-bond donors (Lipinski definition) is 0. The first kappa shape index (κ1) is 11.9. The zero-order chi connectivity index (χ0) is 10.2. The second kappa shape index (κ2) is 7.17. The number of ether oxygens (including phenoxy) is 4. The minimum absolute atomic E-state index is 0.0309. The summed E-state index contributed by atoms with van der Waals surface area (Å²) >= 11 is 0. The summed E-state index contributed by atoms with van der Waals surface area (Å²) in [5, 5.41) is 0. The highest BCUT2D eigenvalue weighted by Crippen LogP contribution is 2.12. The highest BCUT2D eigenvalue weighted by atomic mass is 16.9. The van der Waals surface area contributed by atoms with Crippen molar-refractivity contribution in [3.8, 4) is 0 Å². The van der Waals surface area contributed by atoms with Gasteiger partial charge in [-0.15, -0.1) is 0 Å². The average molecular weight is 204 g/mol. The van der Waals surface area contributed by atoms with E-state index in [0.29, 0.717) is 19.8 Å². The van der Waals surface area contributed by atoms with E-state index < -0.39 is 6.48 Å². The molecule has 84 valence electrons. The van der Waals surface area contributed by atoms with Gasteiger partial charge in [-0.1, -0.05) is 13.3 Å². The zero-order valence-electron chi connectivity index (χ0n) is 9.03. The fraction of sp³-hybridized carbons (Fsp3) is 1.00. The number of hydrogen-bond acceptors (Lipinski definition) is 4. The molecule has 0 N–H and O–H groups in total. The Kier molecular flexibility index (Phi) is 6.10. The Balaban J connectivity index is 1.98. The molecule has 0 amide bonds. The van der Waals surface area contributed by atoms with Gasteiger partial charge in [0.1, 0.15) is 6.10 Å². The highest BCUT2D eigenvalue weighted by molar-refractivity contribution is 4.60. The summed E-state index contributed by atoms with van der Waals surface area (Å²) in [5.41, 5.74) is 0. The van der Waals surface area contributed by atoms with Crippen LogP contribution in [0.15, 0.2) is 0 Å². The Hall–Kier alpha value is -0.160. The van der Waals surface area contributed by atoms with Crippen molar-refractivity contribution in [3.63, 3.8) is 0 Å². The molecule has 0 aliphatic carbocycles. The molecular weight excluding hydrogens is 184 g/mol. The third-order valence-electron chi connectivity index (χ3n) is 1.97. The van der Waals surface area contributed by atoms with E-state index in [4.69, 9.17) is 18.9 Å². The smallest absolute Gasteiger partial charge is 0.272 e. The summed E-state index contributed by atoms with van der Waals surface area (Å²) in [6.07, 6.45) is 2.29. The zero-order valence-corrected chi connectivity index (χ0v) is 9.03. The molecule has 0 bridgehead atoms. The molecule has 1 aliphatic heterocycles. The summed E-state index contributed by atoms with van der Waals surface area (Å²) in [4.78, 5) is 0. The maximum absolute atomic E-state index is 5.42. The molecule has 1 fully saturated rings. The molecule has 0 aromatic heterocycles. The SMILES string of the molecule is CCCCOCC1COC(OCC)O1. The van der Waals surface area contributed by atoms with Gasteiger partial charge >= 0.3 is 0 Å². The van der Waals surface area contributed by atoms with Crippen LogP contribution in [0, 0.1) is 0 Å². The second-order valence-corrected chi connectivity index (χ2v) is 3.26. The van der Waals surface area contributed by atoms with Crippen LogP contribution in [0.25, 0.3) is 0 Å². The van der Waals surface area contributed by atoms with Crippen molar-refractivity contribution in [2.75, 3.05) is 26.4 Å². The van der Waals surface area contributed by atoms with E-state index in [-0.39, 0.29) is 6.10 Å². The minimum Gasteiger partial charge on any atom is -0.379 e. The van der Waals surface area contributed by atoms with E-state index in [0.717, 1.165) is 19.4 Å². The molecule has 0 spiro atoms. The van der Waals surface area contributed by atoms with E-state index in [1.807, 2.05) is 6.92 Å². The van der Waals surface area contributed by atoms with Crippen LogP contribution in [0.5, 0.6) is 0 Å². The molecule has 2 unspecified atom stereocenters. The van der Waals surface area contributed by atoms with Crippen LogP contribution >= 0.6 is 0 Å². The lowest BCUT2D eigenvalue weighted by molar-refractivity contribution is -0.237. The average Bonchev–Trinajstić information content (AvgIpc) is 2.61. The van der Waals surface area contributed by atoms with Gasteiger partial charge in [0.2, 0.25) is 0 Å². The summed E-state index contributed by atoms with van der Waals surface area (Å²) in [6, 6.07) is 0.